The number of halogens is 3. The molecule has 0 fully saturated rings. The van der Waals surface area contributed by atoms with Crippen molar-refractivity contribution in [2.24, 2.45) is 5.10 Å². The Balaban J connectivity index is 1.91. The normalized spacial score (nSPS) is 11.3. The molecule has 0 aromatic heterocycles. The topological polar surface area (TPSA) is 72.0 Å². The maximum Gasteiger partial charge on any atom is 0.416 e. The standard InChI is InChI=1S/C18H18F3N3O3/c1-26-15-7-6-12(16(9-15)27-2)10-23-24-17(25)11-22-14-5-3-4-13(8-14)18(19,20)21/h3-10,22H,11H2,1-2H3,(H,24,25)/b23-10-. The predicted molar refractivity (Wildman–Crippen MR) is 95.2 cm³/mol. The molecule has 0 bridgehead atoms. The lowest BCUT2D eigenvalue weighted by Gasteiger charge is -2.10. The van der Waals surface area contributed by atoms with Crippen LogP contribution >= 0.6 is 0 Å². The van der Waals surface area contributed by atoms with Crippen LogP contribution in [-0.2, 0) is 11.0 Å². The van der Waals surface area contributed by atoms with Gasteiger partial charge in [-0.25, -0.2) is 5.43 Å². The zero-order valence-corrected chi connectivity index (χ0v) is 14.6. The molecule has 0 aliphatic rings. The number of benzene rings is 2. The number of anilines is 1. The average molecular weight is 381 g/mol. The lowest BCUT2D eigenvalue weighted by molar-refractivity contribution is -0.137. The summed E-state index contributed by atoms with van der Waals surface area (Å²) in [6.07, 6.45) is -3.05. The quantitative estimate of drug-likeness (QED) is 0.570. The number of rotatable bonds is 7. The average Bonchev–Trinajstić information content (AvgIpc) is 2.66. The molecule has 0 spiro atoms. The molecule has 0 radical (unpaired) electrons. The molecule has 144 valence electrons. The molecule has 0 heterocycles. The van der Waals surface area contributed by atoms with E-state index in [-0.39, 0.29) is 12.2 Å². The Morgan fingerprint density at radius 3 is 2.59 bits per heavy atom. The third-order valence-corrected chi connectivity index (χ3v) is 3.48. The minimum atomic E-state index is -4.44. The monoisotopic (exact) mass is 381 g/mol. The highest BCUT2D eigenvalue weighted by atomic mass is 19.4. The maximum absolute atomic E-state index is 12.7. The molecule has 2 N–H and O–H groups in total. The predicted octanol–water partition coefficient (Wildman–Crippen LogP) is 3.28. The van der Waals surface area contributed by atoms with Crippen molar-refractivity contribution < 1.29 is 27.4 Å². The molecule has 27 heavy (non-hydrogen) atoms. The van der Waals surface area contributed by atoms with Crippen LogP contribution in [-0.4, -0.2) is 32.9 Å². The second kappa shape index (κ2) is 8.93. The minimum Gasteiger partial charge on any atom is -0.497 e. The molecule has 2 aromatic carbocycles. The number of amides is 1. The largest absolute Gasteiger partial charge is 0.497 e. The zero-order chi connectivity index (χ0) is 19.9. The van der Waals surface area contributed by atoms with Crippen LogP contribution in [0.1, 0.15) is 11.1 Å². The van der Waals surface area contributed by atoms with Crippen molar-refractivity contribution in [2.75, 3.05) is 26.1 Å². The van der Waals surface area contributed by atoms with Crippen molar-refractivity contribution >= 4 is 17.8 Å². The first-order valence-corrected chi connectivity index (χ1v) is 7.78. The molecule has 0 saturated heterocycles. The fraction of sp³-hybridized carbons (Fsp3) is 0.222. The fourth-order valence-corrected chi connectivity index (χ4v) is 2.13. The number of methoxy groups -OCH3 is 2. The summed E-state index contributed by atoms with van der Waals surface area (Å²) in [6.45, 7) is -0.238. The Morgan fingerprint density at radius 1 is 1.15 bits per heavy atom. The molecule has 9 heteroatoms. The molecule has 0 saturated carbocycles. The van der Waals surface area contributed by atoms with Gasteiger partial charge < -0.3 is 14.8 Å². The molecular weight excluding hydrogens is 363 g/mol. The van der Waals surface area contributed by atoms with Gasteiger partial charge in [-0.3, -0.25) is 4.79 Å². The molecule has 2 aromatic rings. The summed E-state index contributed by atoms with van der Waals surface area (Å²) in [5, 5.41) is 6.43. The number of nitrogens with one attached hydrogen (secondary N) is 2. The van der Waals surface area contributed by atoms with Crippen molar-refractivity contribution in [3.05, 3.63) is 53.6 Å². The van der Waals surface area contributed by atoms with Gasteiger partial charge in [0.25, 0.3) is 5.91 Å². The van der Waals surface area contributed by atoms with E-state index < -0.39 is 17.6 Å². The first-order valence-electron chi connectivity index (χ1n) is 7.78. The molecule has 0 aliphatic carbocycles. The van der Waals surface area contributed by atoms with Gasteiger partial charge in [0.05, 0.1) is 32.5 Å². The Morgan fingerprint density at radius 2 is 1.93 bits per heavy atom. The maximum atomic E-state index is 12.7. The van der Waals surface area contributed by atoms with E-state index >= 15 is 0 Å². The summed E-state index contributed by atoms with van der Waals surface area (Å²) in [7, 11) is 3.02. The molecule has 1 amide bonds. The molecule has 0 aliphatic heterocycles. The molecule has 2 rings (SSSR count). The van der Waals surface area contributed by atoms with Crippen LogP contribution in [0.15, 0.2) is 47.6 Å². The molecular formula is C18H18F3N3O3. The number of carbonyl (C=O) groups excluding carboxylic acids is 1. The number of hydrogen-bond donors (Lipinski definition) is 2. The van der Waals surface area contributed by atoms with E-state index in [9.17, 15) is 18.0 Å². The summed E-state index contributed by atoms with van der Waals surface area (Å²) < 4.78 is 48.3. The summed E-state index contributed by atoms with van der Waals surface area (Å²) in [5.41, 5.74) is 2.29. The minimum absolute atomic E-state index is 0.181. The van der Waals surface area contributed by atoms with E-state index in [2.05, 4.69) is 15.8 Å². The van der Waals surface area contributed by atoms with Crippen LogP contribution in [0.4, 0.5) is 18.9 Å². The number of alkyl halides is 3. The third-order valence-electron chi connectivity index (χ3n) is 3.48. The number of ether oxygens (including phenoxy) is 2. The number of carbonyl (C=O) groups is 1. The van der Waals surface area contributed by atoms with Crippen LogP contribution < -0.4 is 20.2 Å². The van der Waals surface area contributed by atoms with Gasteiger partial charge in [-0.1, -0.05) is 6.07 Å². The van der Waals surface area contributed by atoms with Gasteiger partial charge in [-0.15, -0.1) is 0 Å². The van der Waals surface area contributed by atoms with Crippen LogP contribution in [0, 0.1) is 0 Å². The fourth-order valence-electron chi connectivity index (χ4n) is 2.13. The van der Waals surface area contributed by atoms with Gasteiger partial charge in [0, 0.05) is 17.3 Å². The van der Waals surface area contributed by atoms with Gasteiger partial charge in [0.15, 0.2) is 0 Å². The molecule has 0 unspecified atom stereocenters. The van der Waals surface area contributed by atoms with Crippen molar-refractivity contribution in [2.45, 2.75) is 6.18 Å². The van der Waals surface area contributed by atoms with E-state index in [0.29, 0.717) is 17.1 Å². The van der Waals surface area contributed by atoms with Crippen molar-refractivity contribution in [3.8, 4) is 11.5 Å². The number of hydrazone groups is 1. The lowest BCUT2D eigenvalue weighted by atomic mass is 10.2. The Kier molecular flexibility index (Phi) is 6.64. The van der Waals surface area contributed by atoms with E-state index in [1.807, 2.05) is 0 Å². The van der Waals surface area contributed by atoms with Crippen molar-refractivity contribution in [3.63, 3.8) is 0 Å². The second-order valence-electron chi connectivity index (χ2n) is 5.33. The smallest absolute Gasteiger partial charge is 0.416 e. The highest BCUT2D eigenvalue weighted by molar-refractivity contribution is 5.86. The summed E-state index contributed by atoms with van der Waals surface area (Å²) in [5.74, 6) is 0.601. The second-order valence-corrected chi connectivity index (χ2v) is 5.33. The summed E-state index contributed by atoms with van der Waals surface area (Å²) in [6, 6.07) is 9.66. The molecule has 6 nitrogen and oxygen atoms in total. The Labute approximate surface area is 154 Å². The third kappa shape index (κ3) is 5.91. The van der Waals surface area contributed by atoms with Crippen molar-refractivity contribution in [1.29, 1.82) is 0 Å². The van der Waals surface area contributed by atoms with Crippen molar-refractivity contribution in [1.82, 2.24) is 5.43 Å². The summed E-state index contributed by atoms with van der Waals surface area (Å²) >= 11 is 0. The Bertz CT molecular complexity index is 823. The molecule has 0 atom stereocenters. The first-order chi connectivity index (χ1) is 12.8. The Hall–Kier alpha value is -3.23. The van der Waals surface area contributed by atoms with Crippen LogP contribution in [0.5, 0.6) is 11.5 Å². The van der Waals surface area contributed by atoms with Gasteiger partial charge in [0.1, 0.15) is 11.5 Å². The van der Waals surface area contributed by atoms with Gasteiger partial charge in [0.2, 0.25) is 0 Å². The number of hydrogen-bond acceptors (Lipinski definition) is 5. The van der Waals surface area contributed by atoms with E-state index in [0.717, 1.165) is 12.1 Å². The lowest BCUT2D eigenvalue weighted by Crippen LogP contribution is -2.26. The van der Waals surface area contributed by atoms with Gasteiger partial charge in [-0.05, 0) is 30.3 Å². The van der Waals surface area contributed by atoms with E-state index in [1.54, 1.807) is 18.2 Å². The SMILES string of the molecule is COc1ccc(/C=N\NC(=O)CNc2cccc(C(F)(F)F)c2)c(OC)c1. The first kappa shape index (κ1) is 20.1. The van der Waals surface area contributed by atoms with Gasteiger partial charge >= 0.3 is 6.18 Å². The van der Waals surface area contributed by atoms with E-state index in [4.69, 9.17) is 9.47 Å². The highest BCUT2D eigenvalue weighted by Gasteiger charge is 2.30. The van der Waals surface area contributed by atoms with E-state index in [1.165, 1.54) is 32.6 Å². The zero-order valence-electron chi connectivity index (χ0n) is 14.6. The van der Waals surface area contributed by atoms with Gasteiger partial charge in [-0.2, -0.15) is 18.3 Å². The van der Waals surface area contributed by atoms with Crippen LogP contribution in [0.2, 0.25) is 0 Å². The van der Waals surface area contributed by atoms with Crippen LogP contribution in [0.25, 0.3) is 0 Å². The summed E-state index contributed by atoms with van der Waals surface area (Å²) in [4.78, 5) is 11.8. The van der Waals surface area contributed by atoms with Crippen LogP contribution in [0.3, 0.4) is 0 Å². The highest BCUT2D eigenvalue weighted by Crippen LogP contribution is 2.30. The number of nitrogens with zero attached hydrogens (tertiary/aromatic N) is 1.